The van der Waals surface area contributed by atoms with Gasteiger partial charge in [0, 0.05) is 25.4 Å². The second-order valence-corrected chi connectivity index (χ2v) is 16.3. The van der Waals surface area contributed by atoms with Crippen LogP contribution >= 0.6 is 0 Å². The Labute approximate surface area is 290 Å². The van der Waals surface area contributed by atoms with Crippen LogP contribution < -0.4 is 4.74 Å². The Morgan fingerprint density at radius 1 is 0.917 bits per heavy atom. The number of esters is 1. The number of benzene rings is 2. The number of hydrogen-bond acceptors (Lipinski definition) is 4. The molecule has 5 nitrogen and oxygen atoms in total. The number of unbranched alkanes of at least 4 members (excludes halogenated alkanes) is 8. The van der Waals surface area contributed by atoms with Crippen LogP contribution in [0.4, 0.5) is 0 Å². The van der Waals surface area contributed by atoms with E-state index in [-0.39, 0.29) is 22.9 Å². The Hall–Kier alpha value is -2.66. The van der Waals surface area contributed by atoms with Gasteiger partial charge in [0.15, 0.2) is 0 Å². The first-order chi connectivity index (χ1) is 23.3. The van der Waals surface area contributed by atoms with Crippen molar-refractivity contribution in [2.75, 3.05) is 13.6 Å². The molecule has 0 radical (unpaired) electrons. The molecule has 2 aromatic rings. The van der Waals surface area contributed by atoms with Crippen LogP contribution in [0.1, 0.15) is 150 Å². The van der Waals surface area contributed by atoms with Gasteiger partial charge in [0.05, 0.1) is 11.7 Å². The van der Waals surface area contributed by atoms with Crippen LogP contribution in [0.5, 0.6) is 5.75 Å². The number of carbonyl (C=O) groups excluding carboxylic acids is 2. The molecule has 2 aromatic carbocycles. The van der Waals surface area contributed by atoms with Crippen LogP contribution in [-0.2, 0) is 11.2 Å². The van der Waals surface area contributed by atoms with Crippen molar-refractivity contribution in [3.05, 3.63) is 65.2 Å². The Morgan fingerprint density at radius 3 is 2.33 bits per heavy atom. The van der Waals surface area contributed by atoms with Gasteiger partial charge in [-0.05, 0) is 122 Å². The molecule has 0 heterocycles. The molecule has 5 heteroatoms. The number of nitrogens with zero attached hydrogens (tertiary/aromatic N) is 1. The molecule has 48 heavy (non-hydrogen) atoms. The number of hydrogen-bond donors (Lipinski definition) is 1. The lowest BCUT2D eigenvalue weighted by molar-refractivity contribution is -0.130. The van der Waals surface area contributed by atoms with Crippen LogP contribution in [0, 0.1) is 28.6 Å². The summed E-state index contributed by atoms with van der Waals surface area (Å²) in [6.07, 6.45) is 20.7. The predicted octanol–water partition coefficient (Wildman–Crippen LogP) is 9.90. The summed E-state index contributed by atoms with van der Waals surface area (Å²) in [6, 6.07) is 15.7. The summed E-state index contributed by atoms with van der Waals surface area (Å²) in [4.78, 5) is 27.0. The van der Waals surface area contributed by atoms with Crippen molar-refractivity contribution in [2.24, 2.45) is 28.6 Å². The second kappa shape index (κ2) is 15.5. The molecule has 4 aliphatic carbocycles. The third kappa shape index (κ3) is 7.28. The summed E-state index contributed by atoms with van der Waals surface area (Å²) in [5.41, 5.74) is 3.87. The van der Waals surface area contributed by atoms with Gasteiger partial charge in [-0.3, -0.25) is 4.79 Å². The van der Waals surface area contributed by atoms with Crippen molar-refractivity contribution < 1.29 is 19.4 Å². The highest BCUT2D eigenvalue weighted by molar-refractivity contribution is 5.91. The highest BCUT2D eigenvalue weighted by atomic mass is 16.5. The highest BCUT2D eigenvalue weighted by Gasteiger charge is 2.71. The summed E-state index contributed by atoms with van der Waals surface area (Å²) in [6.45, 7) is 5.59. The van der Waals surface area contributed by atoms with Gasteiger partial charge in [0.25, 0.3) is 0 Å². The monoisotopic (exact) mass is 655 g/mol. The Bertz CT molecular complexity index is 1380. The minimum absolute atomic E-state index is 0.131. The molecule has 3 fully saturated rings. The van der Waals surface area contributed by atoms with E-state index in [1.165, 1.54) is 81.8 Å². The van der Waals surface area contributed by atoms with Crippen molar-refractivity contribution in [1.29, 1.82) is 0 Å². The van der Waals surface area contributed by atoms with Crippen LogP contribution in [-0.4, -0.2) is 41.6 Å². The molecular weight excluding hydrogens is 594 g/mol. The zero-order valence-electron chi connectivity index (χ0n) is 30.1. The summed E-state index contributed by atoms with van der Waals surface area (Å²) in [7, 11) is 1.94. The molecule has 1 spiro atoms. The van der Waals surface area contributed by atoms with Gasteiger partial charge in [0.2, 0.25) is 5.91 Å². The lowest BCUT2D eigenvalue weighted by Crippen LogP contribution is -2.46. The fraction of sp³-hybridized carbons (Fsp3) is 0.674. The number of ether oxygens (including phenoxy) is 1. The van der Waals surface area contributed by atoms with Crippen LogP contribution in [0.3, 0.4) is 0 Å². The maximum Gasteiger partial charge on any atom is 0.343 e. The fourth-order valence-corrected chi connectivity index (χ4v) is 10.6. The Morgan fingerprint density at radius 2 is 1.62 bits per heavy atom. The highest BCUT2D eigenvalue weighted by Crippen LogP contribution is 2.76. The van der Waals surface area contributed by atoms with E-state index < -0.39 is 0 Å². The minimum Gasteiger partial charge on any atom is -0.423 e. The lowest BCUT2D eigenvalue weighted by atomic mass is 9.50. The topological polar surface area (TPSA) is 66.8 Å². The SMILES string of the molecule is CCCCN(C)C(=O)CCCCCCCCCCC1Cc2cc(OC(=O)c3ccccc3)ccc2C2CC[C@@]3(C)C(C[C@@H](O)C34CC4)C12. The van der Waals surface area contributed by atoms with Gasteiger partial charge < -0.3 is 14.7 Å². The first-order valence-corrected chi connectivity index (χ1v) is 19.6. The van der Waals surface area contributed by atoms with Crippen molar-refractivity contribution in [3.63, 3.8) is 0 Å². The smallest absolute Gasteiger partial charge is 0.343 e. The maximum atomic E-state index is 12.9. The van der Waals surface area contributed by atoms with Crippen molar-refractivity contribution in [1.82, 2.24) is 4.90 Å². The molecule has 0 bridgehead atoms. The maximum absolute atomic E-state index is 12.9. The molecule has 0 saturated heterocycles. The predicted molar refractivity (Wildman–Crippen MR) is 193 cm³/mol. The first kappa shape index (κ1) is 35.2. The molecule has 6 atom stereocenters. The van der Waals surface area contributed by atoms with Gasteiger partial charge in [-0.2, -0.15) is 0 Å². The Balaban J connectivity index is 1.03. The Kier molecular flexibility index (Phi) is 11.3. The molecular formula is C43H61NO4. The van der Waals surface area contributed by atoms with Gasteiger partial charge in [0.1, 0.15) is 5.75 Å². The normalized spacial score (nSPS) is 28.0. The first-order valence-electron chi connectivity index (χ1n) is 19.6. The molecule has 1 amide bonds. The third-order valence-electron chi connectivity index (χ3n) is 13.5. The summed E-state index contributed by atoms with van der Waals surface area (Å²) in [5, 5.41) is 11.4. The van der Waals surface area contributed by atoms with Crippen molar-refractivity contribution in [2.45, 2.75) is 141 Å². The number of aliphatic hydroxyl groups is 1. The molecule has 0 aromatic heterocycles. The fourth-order valence-electron chi connectivity index (χ4n) is 10.6. The summed E-state index contributed by atoms with van der Waals surface area (Å²) < 4.78 is 5.88. The van der Waals surface area contributed by atoms with Gasteiger partial charge in [-0.25, -0.2) is 4.79 Å². The zero-order valence-corrected chi connectivity index (χ0v) is 30.1. The zero-order chi connectivity index (χ0) is 33.7. The van der Waals surface area contributed by atoms with Gasteiger partial charge in [-0.15, -0.1) is 0 Å². The van der Waals surface area contributed by atoms with Crippen LogP contribution in [0.2, 0.25) is 0 Å². The van der Waals surface area contributed by atoms with E-state index in [1.807, 2.05) is 36.2 Å². The second-order valence-electron chi connectivity index (χ2n) is 16.3. The average molecular weight is 656 g/mol. The lowest BCUT2D eigenvalue weighted by Gasteiger charge is -2.54. The largest absolute Gasteiger partial charge is 0.423 e. The average Bonchev–Trinajstić information content (AvgIpc) is 3.88. The quantitative estimate of drug-likeness (QED) is 0.111. The molecule has 262 valence electrons. The van der Waals surface area contributed by atoms with Crippen LogP contribution in [0.15, 0.2) is 48.5 Å². The van der Waals surface area contributed by atoms with Crippen molar-refractivity contribution in [3.8, 4) is 5.75 Å². The number of fused-ring (bicyclic) bond motifs is 6. The van der Waals surface area contributed by atoms with E-state index in [1.54, 1.807) is 12.1 Å². The molecule has 6 rings (SSSR count). The van der Waals surface area contributed by atoms with Gasteiger partial charge in [-0.1, -0.05) is 89.5 Å². The van der Waals surface area contributed by atoms with E-state index in [4.69, 9.17) is 4.74 Å². The number of amides is 1. The van der Waals surface area contributed by atoms with E-state index in [0.717, 1.165) is 45.1 Å². The number of rotatable bonds is 16. The van der Waals surface area contributed by atoms with E-state index in [0.29, 0.717) is 47.3 Å². The van der Waals surface area contributed by atoms with E-state index >= 15 is 0 Å². The molecule has 4 aliphatic rings. The molecule has 3 saturated carbocycles. The van der Waals surface area contributed by atoms with Crippen LogP contribution in [0.25, 0.3) is 0 Å². The van der Waals surface area contributed by atoms with E-state index in [9.17, 15) is 14.7 Å². The van der Waals surface area contributed by atoms with Gasteiger partial charge >= 0.3 is 5.97 Å². The standard InChI is InChI=1S/C43H61NO4/c1-4-5-27-44(3)39(46)20-16-11-9-7-6-8-10-13-19-32-28-33-29-34(48-41(47)31-17-14-12-15-18-31)21-22-35(33)36-23-24-42(2)37(40(32)36)30-38(45)43(42)25-26-43/h12,14-15,17-18,21-22,29,32,36-38,40,45H,4-11,13,16,19-20,23-28,30H2,1-3H3/t32?,36?,37?,38-,40?,42+/m1/s1. The third-order valence-corrected chi connectivity index (χ3v) is 13.5. The minimum atomic E-state index is -0.299. The summed E-state index contributed by atoms with van der Waals surface area (Å²) in [5.74, 6) is 3.04. The molecule has 4 unspecified atom stereocenters. The number of aliphatic hydroxyl groups excluding tert-OH is 1. The summed E-state index contributed by atoms with van der Waals surface area (Å²) >= 11 is 0. The van der Waals surface area contributed by atoms with E-state index in [2.05, 4.69) is 26.0 Å². The molecule has 1 N–H and O–H groups in total. The molecule has 0 aliphatic heterocycles. The number of carbonyl (C=O) groups is 2. The van der Waals surface area contributed by atoms with Crippen molar-refractivity contribution >= 4 is 11.9 Å².